The van der Waals surface area contributed by atoms with E-state index in [2.05, 4.69) is 6.92 Å². The van der Waals surface area contributed by atoms with Crippen LogP contribution in [-0.2, 0) is 18.9 Å². The molecule has 0 radical (unpaired) electrons. The van der Waals surface area contributed by atoms with Crippen LogP contribution in [0, 0.1) is 0 Å². The normalized spacial score (nSPS) is 10.5. The van der Waals surface area contributed by atoms with Gasteiger partial charge in [0.05, 0.1) is 26.4 Å². The summed E-state index contributed by atoms with van der Waals surface area (Å²) in [5.41, 5.74) is 0. The Morgan fingerprint density at radius 2 is 1.30 bits per heavy atom. The Bertz CT molecular complexity index is 208. The zero-order chi connectivity index (χ0) is 14.9. The van der Waals surface area contributed by atoms with Crippen LogP contribution < -0.4 is 0 Å². The summed E-state index contributed by atoms with van der Waals surface area (Å²) in [5, 5.41) is 0. The van der Waals surface area contributed by atoms with E-state index in [1.807, 2.05) is 6.92 Å². The number of carbonyl (C=O) groups excluding carboxylic acids is 1. The Balaban J connectivity index is 3.11. The summed E-state index contributed by atoms with van der Waals surface area (Å²) in [4.78, 5) is 11.2. The maximum atomic E-state index is 11.2. The molecule has 20 heavy (non-hydrogen) atoms. The highest BCUT2D eigenvalue weighted by Crippen LogP contribution is 2.00. The fourth-order valence-electron chi connectivity index (χ4n) is 1.55. The largest absolute Gasteiger partial charge is 0.508 e. The van der Waals surface area contributed by atoms with Gasteiger partial charge in [-0.15, -0.1) is 0 Å². The van der Waals surface area contributed by atoms with Crippen LogP contribution in [0.5, 0.6) is 0 Å². The lowest BCUT2D eigenvalue weighted by Gasteiger charge is -2.06. The van der Waals surface area contributed by atoms with Crippen LogP contribution in [0.4, 0.5) is 4.79 Å². The molecule has 0 aromatic carbocycles. The summed E-state index contributed by atoms with van der Waals surface area (Å²) in [5.74, 6) is 0. The van der Waals surface area contributed by atoms with Crippen molar-refractivity contribution < 1.29 is 23.7 Å². The van der Waals surface area contributed by atoms with Gasteiger partial charge in [0.1, 0.15) is 0 Å². The number of rotatable bonds is 14. The third kappa shape index (κ3) is 15.2. The summed E-state index contributed by atoms with van der Waals surface area (Å²) in [6.07, 6.45) is 5.48. The number of hydrogen-bond donors (Lipinski definition) is 0. The van der Waals surface area contributed by atoms with Crippen LogP contribution in [0.2, 0.25) is 0 Å². The molecule has 0 rings (SSSR count). The summed E-state index contributed by atoms with van der Waals surface area (Å²) in [6, 6.07) is 0. The molecule has 0 aliphatic rings. The van der Waals surface area contributed by atoms with Gasteiger partial charge in [0.15, 0.2) is 0 Å². The first-order chi connectivity index (χ1) is 9.81. The van der Waals surface area contributed by atoms with Gasteiger partial charge >= 0.3 is 6.16 Å². The molecule has 0 aliphatic carbocycles. The first-order valence-corrected chi connectivity index (χ1v) is 7.76. The SMILES string of the molecule is CCCCCCOC(=O)OCCCCOCCOCC. The van der Waals surface area contributed by atoms with Crippen LogP contribution in [0.25, 0.3) is 0 Å². The van der Waals surface area contributed by atoms with Gasteiger partial charge in [-0.25, -0.2) is 4.79 Å². The molecule has 0 aromatic rings. The van der Waals surface area contributed by atoms with Crippen molar-refractivity contribution in [3.05, 3.63) is 0 Å². The monoisotopic (exact) mass is 290 g/mol. The average molecular weight is 290 g/mol. The van der Waals surface area contributed by atoms with Crippen molar-refractivity contribution in [1.82, 2.24) is 0 Å². The van der Waals surface area contributed by atoms with Crippen molar-refractivity contribution in [3.8, 4) is 0 Å². The third-order valence-electron chi connectivity index (χ3n) is 2.70. The quantitative estimate of drug-likeness (QED) is 0.362. The van der Waals surface area contributed by atoms with Crippen LogP contribution in [0.1, 0.15) is 52.4 Å². The van der Waals surface area contributed by atoms with Crippen molar-refractivity contribution in [2.45, 2.75) is 52.4 Å². The average Bonchev–Trinajstić information content (AvgIpc) is 2.45. The molecule has 0 saturated carbocycles. The number of carbonyl (C=O) groups is 1. The van der Waals surface area contributed by atoms with Crippen LogP contribution in [-0.4, -0.2) is 45.8 Å². The number of ether oxygens (including phenoxy) is 4. The Morgan fingerprint density at radius 1 is 0.700 bits per heavy atom. The van der Waals surface area contributed by atoms with E-state index in [0.717, 1.165) is 32.3 Å². The zero-order valence-corrected chi connectivity index (χ0v) is 13.0. The minimum absolute atomic E-state index is 0.391. The molecule has 0 spiro atoms. The summed E-state index contributed by atoms with van der Waals surface area (Å²) >= 11 is 0. The van der Waals surface area contributed by atoms with Crippen molar-refractivity contribution in [2.24, 2.45) is 0 Å². The van der Waals surface area contributed by atoms with E-state index in [1.54, 1.807) is 0 Å². The van der Waals surface area contributed by atoms with E-state index in [9.17, 15) is 4.79 Å². The van der Waals surface area contributed by atoms with Gasteiger partial charge in [0.25, 0.3) is 0 Å². The molecule has 0 heterocycles. The number of unbranched alkanes of at least 4 members (excludes halogenated alkanes) is 4. The van der Waals surface area contributed by atoms with E-state index in [0.29, 0.717) is 33.0 Å². The zero-order valence-electron chi connectivity index (χ0n) is 13.0. The first-order valence-electron chi connectivity index (χ1n) is 7.76. The van der Waals surface area contributed by atoms with Crippen LogP contribution in [0.3, 0.4) is 0 Å². The van der Waals surface area contributed by atoms with Gasteiger partial charge in [-0.1, -0.05) is 26.2 Å². The van der Waals surface area contributed by atoms with Gasteiger partial charge in [-0.05, 0) is 26.2 Å². The molecule has 0 amide bonds. The lowest BCUT2D eigenvalue weighted by molar-refractivity contribution is 0.0409. The highest BCUT2D eigenvalue weighted by atomic mass is 16.7. The molecule has 0 bridgehead atoms. The predicted octanol–water partition coefficient (Wildman–Crippen LogP) is 3.55. The molecule has 0 saturated heterocycles. The predicted molar refractivity (Wildman–Crippen MR) is 78.0 cm³/mol. The van der Waals surface area contributed by atoms with E-state index in [-0.39, 0.29) is 0 Å². The standard InChI is InChI=1S/C15H30O5/c1-3-5-6-7-11-19-15(16)20-12-9-8-10-18-14-13-17-4-2/h3-14H2,1-2H3. The van der Waals surface area contributed by atoms with Crippen molar-refractivity contribution in [1.29, 1.82) is 0 Å². The molecule has 5 nitrogen and oxygen atoms in total. The Morgan fingerprint density at radius 3 is 1.95 bits per heavy atom. The molecule has 0 fully saturated rings. The van der Waals surface area contributed by atoms with E-state index >= 15 is 0 Å². The summed E-state index contributed by atoms with van der Waals surface area (Å²) in [7, 11) is 0. The van der Waals surface area contributed by atoms with Crippen molar-refractivity contribution in [2.75, 3.05) is 39.6 Å². The number of hydrogen-bond acceptors (Lipinski definition) is 5. The maximum absolute atomic E-state index is 11.2. The smallest absolute Gasteiger partial charge is 0.434 e. The highest BCUT2D eigenvalue weighted by molar-refractivity contribution is 5.59. The van der Waals surface area contributed by atoms with Gasteiger partial charge in [-0.3, -0.25) is 0 Å². The van der Waals surface area contributed by atoms with Crippen LogP contribution in [0.15, 0.2) is 0 Å². The Hall–Kier alpha value is -0.810. The summed E-state index contributed by atoms with van der Waals surface area (Å²) in [6.45, 7) is 7.60. The highest BCUT2D eigenvalue weighted by Gasteiger charge is 2.02. The fourth-order valence-corrected chi connectivity index (χ4v) is 1.55. The molecule has 0 N–H and O–H groups in total. The lowest BCUT2D eigenvalue weighted by atomic mass is 10.2. The van der Waals surface area contributed by atoms with Gasteiger partial charge in [0, 0.05) is 13.2 Å². The minimum atomic E-state index is -0.557. The lowest BCUT2D eigenvalue weighted by Crippen LogP contribution is -2.10. The second-order valence-corrected chi connectivity index (χ2v) is 4.52. The second kappa shape index (κ2) is 16.2. The molecular formula is C15H30O5. The fraction of sp³-hybridized carbons (Fsp3) is 0.933. The molecule has 0 unspecified atom stereocenters. The molecule has 5 heteroatoms. The Kier molecular flexibility index (Phi) is 15.6. The van der Waals surface area contributed by atoms with Crippen molar-refractivity contribution in [3.63, 3.8) is 0 Å². The molecular weight excluding hydrogens is 260 g/mol. The molecule has 0 aromatic heterocycles. The van der Waals surface area contributed by atoms with Gasteiger partial charge in [0.2, 0.25) is 0 Å². The van der Waals surface area contributed by atoms with E-state index < -0.39 is 6.16 Å². The van der Waals surface area contributed by atoms with Crippen molar-refractivity contribution >= 4 is 6.16 Å². The van der Waals surface area contributed by atoms with E-state index in [1.165, 1.54) is 12.8 Å². The minimum Gasteiger partial charge on any atom is -0.434 e. The maximum Gasteiger partial charge on any atom is 0.508 e. The Labute approximate surface area is 122 Å². The molecule has 0 atom stereocenters. The van der Waals surface area contributed by atoms with Crippen LogP contribution >= 0.6 is 0 Å². The third-order valence-corrected chi connectivity index (χ3v) is 2.70. The van der Waals surface area contributed by atoms with Gasteiger partial charge < -0.3 is 18.9 Å². The second-order valence-electron chi connectivity index (χ2n) is 4.52. The topological polar surface area (TPSA) is 54.0 Å². The summed E-state index contributed by atoms with van der Waals surface area (Å²) < 4.78 is 20.4. The molecule has 120 valence electrons. The van der Waals surface area contributed by atoms with Gasteiger partial charge in [-0.2, -0.15) is 0 Å². The molecule has 0 aliphatic heterocycles. The first kappa shape index (κ1) is 19.2. The van der Waals surface area contributed by atoms with E-state index in [4.69, 9.17) is 18.9 Å².